The summed E-state index contributed by atoms with van der Waals surface area (Å²) < 4.78 is 0. The molecule has 21 heavy (non-hydrogen) atoms. The van der Waals surface area contributed by atoms with E-state index in [0.29, 0.717) is 0 Å². The average Bonchev–Trinajstić information content (AvgIpc) is 3.02. The summed E-state index contributed by atoms with van der Waals surface area (Å²) in [7, 11) is 0. The molecule has 4 heteroatoms. The van der Waals surface area contributed by atoms with E-state index >= 15 is 0 Å². The van der Waals surface area contributed by atoms with Crippen molar-refractivity contribution in [1.29, 1.82) is 0 Å². The summed E-state index contributed by atoms with van der Waals surface area (Å²) in [5.74, 6) is 0. The van der Waals surface area contributed by atoms with Crippen LogP contribution in [-0.4, -0.2) is 16.5 Å². The smallest absolute Gasteiger partial charge is 0.142 e. The Balaban J connectivity index is 1.46. The minimum atomic E-state index is 0.844. The van der Waals surface area contributed by atoms with Crippen LogP contribution in [0.25, 0.3) is 10.7 Å². The molecule has 0 amide bonds. The Bertz CT molecular complexity index is 589. The van der Waals surface area contributed by atoms with Gasteiger partial charge in [0.25, 0.3) is 0 Å². The molecule has 0 saturated carbocycles. The Labute approximate surface area is 130 Å². The van der Waals surface area contributed by atoms with Gasteiger partial charge < -0.3 is 5.32 Å². The van der Waals surface area contributed by atoms with Crippen molar-refractivity contribution in [2.75, 3.05) is 6.54 Å². The molecule has 0 aromatic carbocycles. The largest absolute Gasteiger partial charge is 0.311 e. The third kappa shape index (κ3) is 4.22. The van der Waals surface area contributed by atoms with Crippen LogP contribution in [0.5, 0.6) is 0 Å². The quantitative estimate of drug-likeness (QED) is 0.642. The van der Waals surface area contributed by atoms with Crippen LogP contribution in [0.4, 0.5) is 0 Å². The lowest BCUT2D eigenvalue weighted by molar-refractivity contribution is 0.629. The van der Waals surface area contributed by atoms with Gasteiger partial charge in [0.1, 0.15) is 5.01 Å². The van der Waals surface area contributed by atoms with Crippen LogP contribution < -0.4 is 5.32 Å². The third-order valence-corrected chi connectivity index (χ3v) is 4.66. The molecular formula is C17H21N3S. The molecule has 0 atom stereocenters. The molecule has 1 aliphatic rings. The number of aromatic nitrogens is 2. The Morgan fingerprint density at radius 3 is 3.05 bits per heavy atom. The summed E-state index contributed by atoms with van der Waals surface area (Å²) in [4.78, 5) is 8.98. The van der Waals surface area contributed by atoms with E-state index in [2.05, 4.69) is 26.7 Å². The van der Waals surface area contributed by atoms with Gasteiger partial charge in [-0.2, -0.15) is 0 Å². The maximum absolute atomic E-state index is 4.64. The average molecular weight is 299 g/mol. The molecule has 2 aromatic rings. The van der Waals surface area contributed by atoms with Gasteiger partial charge in [0.15, 0.2) is 0 Å². The number of rotatable bonds is 6. The van der Waals surface area contributed by atoms with Crippen LogP contribution >= 0.6 is 11.3 Å². The number of hydrogen-bond acceptors (Lipinski definition) is 4. The highest BCUT2D eigenvalue weighted by atomic mass is 32.1. The van der Waals surface area contributed by atoms with Gasteiger partial charge in [0, 0.05) is 18.1 Å². The van der Waals surface area contributed by atoms with Gasteiger partial charge >= 0.3 is 0 Å². The Morgan fingerprint density at radius 2 is 2.24 bits per heavy atom. The molecule has 110 valence electrons. The maximum Gasteiger partial charge on any atom is 0.142 e. The molecule has 2 heterocycles. The fourth-order valence-corrected chi connectivity index (χ4v) is 3.39. The number of hydrogen-bond donors (Lipinski definition) is 1. The van der Waals surface area contributed by atoms with Crippen LogP contribution in [0.3, 0.4) is 0 Å². The SMILES string of the molecule is C1=C(CCNCc2csc(-c3ccccn3)n2)CCCC1. The predicted octanol–water partition coefficient (Wildman–Crippen LogP) is 4.19. The van der Waals surface area contributed by atoms with Gasteiger partial charge in [-0.3, -0.25) is 4.98 Å². The number of allylic oxidation sites excluding steroid dienone is 1. The molecule has 0 fully saturated rings. The van der Waals surface area contributed by atoms with Crippen molar-refractivity contribution in [1.82, 2.24) is 15.3 Å². The first-order valence-electron chi connectivity index (χ1n) is 7.66. The Kier molecular flexibility index (Phi) is 5.13. The zero-order valence-corrected chi connectivity index (χ0v) is 13.0. The van der Waals surface area contributed by atoms with E-state index in [-0.39, 0.29) is 0 Å². The lowest BCUT2D eigenvalue weighted by Crippen LogP contribution is -2.15. The molecule has 0 radical (unpaired) electrons. The summed E-state index contributed by atoms with van der Waals surface area (Å²) in [5.41, 5.74) is 3.69. The fourth-order valence-electron chi connectivity index (χ4n) is 2.59. The van der Waals surface area contributed by atoms with Crippen molar-refractivity contribution in [2.24, 2.45) is 0 Å². The molecule has 0 unspecified atom stereocenters. The van der Waals surface area contributed by atoms with E-state index in [0.717, 1.165) is 29.5 Å². The second kappa shape index (κ2) is 7.48. The molecule has 1 aliphatic carbocycles. The molecule has 0 bridgehead atoms. The highest BCUT2D eigenvalue weighted by Crippen LogP contribution is 2.21. The molecular weight excluding hydrogens is 278 g/mol. The van der Waals surface area contributed by atoms with Crippen molar-refractivity contribution in [3.8, 4) is 10.7 Å². The van der Waals surface area contributed by atoms with Crippen LogP contribution in [-0.2, 0) is 6.54 Å². The summed E-state index contributed by atoms with van der Waals surface area (Å²) >= 11 is 1.66. The minimum Gasteiger partial charge on any atom is -0.311 e. The van der Waals surface area contributed by atoms with Gasteiger partial charge in [-0.05, 0) is 50.8 Å². The van der Waals surface area contributed by atoms with Crippen LogP contribution in [0, 0.1) is 0 Å². The number of thiazole rings is 1. The van der Waals surface area contributed by atoms with Crippen molar-refractivity contribution in [2.45, 2.75) is 38.6 Å². The van der Waals surface area contributed by atoms with E-state index < -0.39 is 0 Å². The summed E-state index contributed by atoms with van der Waals surface area (Å²) in [5, 5.41) is 6.62. The molecule has 3 rings (SSSR count). The summed E-state index contributed by atoms with van der Waals surface area (Å²) in [6.45, 7) is 1.89. The first-order chi connectivity index (χ1) is 10.4. The van der Waals surface area contributed by atoms with E-state index in [9.17, 15) is 0 Å². The topological polar surface area (TPSA) is 37.8 Å². The fraction of sp³-hybridized carbons (Fsp3) is 0.412. The van der Waals surface area contributed by atoms with Gasteiger partial charge in [-0.25, -0.2) is 4.98 Å². The van der Waals surface area contributed by atoms with E-state index in [1.54, 1.807) is 16.9 Å². The zero-order valence-electron chi connectivity index (χ0n) is 12.2. The van der Waals surface area contributed by atoms with Crippen molar-refractivity contribution in [3.05, 3.63) is 47.1 Å². The van der Waals surface area contributed by atoms with Gasteiger partial charge in [-0.15, -0.1) is 11.3 Å². The third-order valence-electron chi connectivity index (χ3n) is 3.75. The summed E-state index contributed by atoms with van der Waals surface area (Å²) in [6, 6.07) is 5.94. The zero-order chi connectivity index (χ0) is 14.3. The van der Waals surface area contributed by atoms with E-state index in [1.807, 2.05) is 24.4 Å². The van der Waals surface area contributed by atoms with Crippen LogP contribution in [0.15, 0.2) is 41.4 Å². The lowest BCUT2D eigenvalue weighted by atomic mass is 9.97. The molecule has 0 saturated heterocycles. The van der Waals surface area contributed by atoms with Crippen LogP contribution in [0.1, 0.15) is 37.8 Å². The first-order valence-corrected chi connectivity index (χ1v) is 8.54. The first kappa shape index (κ1) is 14.4. The van der Waals surface area contributed by atoms with Crippen molar-refractivity contribution < 1.29 is 0 Å². The standard InChI is InChI=1S/C17H21N3S/c1-2-6-14(7-3-1)9-11-18-12-15-13-21-17(20-15)16-8-4-5-10-19-16/h4-6,8,10,13,18H,1-3,7,9,11-12H2. The van der Waals surface area contributed by atoms with Crippen LogP contribution in [0.2, 0.25) is 0 Å². The highest BCUT2D eigenvalue weighted by molar-refractivity contribution is 7.13. The molecule has 0 spiro atoms. The number of pyridine rings is 1. The molecule has 1 N–H and O–H groups in total. The second-order valence-corrected chi connectivity index (χ2v) is 6.25. The predicted molar refractivity (Wildman–Crippen MR) is 88.2 cm³/mol. The second-order valence-electron chi connectivity index (χ2n) is 5.39. The van der Waals surface area contributed by atoms with E-state index in [4.69, 9.17) is 0 Å². The highest BCUT2D eigenvalue weighted by Gasteiger charge is 2.06. The van der Waals surface area contributed by atoms with Crippen molar-refractivity contribution in [3.63, 3.8) is 0 Å². The molecule has 2 aromatic heterocycles. The Hall–Kier alpha value is -1.52. The summed E-state index contributed by atoms with van der Waals surface area (Å²) in [6.07, 6.45) is 10.7. The molecule has 3 nitrogen and oxygen atoms in total. The van der Waals surface area contributed by atoms with E-state index in [1.165, 1.54) is 32.1 Å². The number of nitrogens with one attached hydrogen (secondary N) is 1. The monoisotopic (exact) mass is 299 g/mol. The van der Waals surface area contributed by atoms with Gasteiger partial charge in [0.05, 0.1) is 11.4 Å². The van der Waals surface area contributed by atoms with Gasteiger partial charge in [0.2, 0.25) is 0 Å². The van der Waals surface area contributed by atoms with Gasteiger partial charge in [-0.1, -0.05) is 17.7 Å². The normalized spacial score (nSPS) is 15.0. The molecule has 0 aliphatic heterocycles. The lowest BCUT2D eigenvalue weighted by Gasteiger charge is -2.12. The van der Waals surface area contributed by atoms with Crippen molar-refractivity contribution >= 4 is 11.3 Å². The minimum absolute atomic E-state index is 0.844. The number of nitrogens with zero attached hydrogens (tertiary/aromatic N) is 2. The maximum atomic E-state index is 4.64. The Morgan fingerprint density at radius 1 is 1.24 bits per heavy atom.